The van der Waals surface area contributed by atoms with E-state index in [1.165, 1.54) is 0 Å². The van der Waals surface area contributed by atoms with Crippen molar-refractivity contribution in [3.8, 4) is 0 Å². The second-order valence-corrected chi connectivity index (χ2v) is 6.51. The van der Waals surface area contributed by atoms with Crippen molar-refractivity contribution in [2.24, 2.45) is 0 Å². The summed E-state index contributed by atoms with van der Waals surface area (Å²) in [6.45, 7) is 1.43. The first-order valence-corrected chi connectivity index (χ1v) is 8.33. The Kier molecular flexibility index (Phi) is 6.07. The van der Waals surface area contributed by atoms with Gasteiger partial charge in [-0.3, -0.25) is 14.6 Å². The van der Waals surface area contributed by atoms with Gasteiger partial charge in [-0.15, -0.1) is 0 Å². The minimum atomic E-state index is -5.08. The normalized spacial score (nSPS) is 18.9. The van der Waals surface area contributed by atoms with Crippen molar-refractivity contribution in [2.45, 2.75) is 37.4 Å². The van der Waals surface area contributed by atoms with Gasteiger partial charge >= 0.3 is 12.1 Å². The molecule has 148 valence electrons. The molecular formula is C17H20F3N3O4. The predicted molar refractivity (Wildman–Crippen MR) is 87.8 cm³/mol. The van der Waals surface area contributed by atoms with Gasteiger partial charge in [-0.2, -0.15) is 13.2 Å². The molecule has 27 heavy (non-hydrogen) atoms. The number of carbonyl (C=O) groups excluding carboxylic acids is 2. The fraction of sp³-hybridized carbons (Fsp3) is 0.529. The maximum Gasteiger partial charge on any atom is 0.490 e. The van der Waals surface area contributed by atoms with Crippen LogP contribution in [0.4, 0.5) is 13.2 Å². The Labute approximate surface area is 153 Å². The van der Waals surface area contributed by atoms with Gasteiger partial charge in [0, 0.05) is 44.5 Å². The maximum atomic E-state index is 12.4. The lowest BCUT2D eigenvalue weighted by Crippen LogP contribution is -2.52. The molecule has 2 aliphatic heterocycles. The number of piperidine rings is 1. The number of rotatable bonds is 1. The number of nitrogens with zero attached hydrogens (tertiary/aromatic N) is 3. The SMILES string of the molecule is CN1C(=O)CCC12CCN(C(=O)c1cccnc1)CC2.O=C(O)C(F)(F)F. The monoisotopic (exact) mass is 387 g/mol. The Balaban J connectivity index is 0.000000321. The minimum absolute atomic E-state index is 0.0111. The first-order chi connectivity index (χ1) is 12.6. The van der Waals surface area contributed by atoms with Crippen LogP contribution in [0.3, 0.4) is 0 Å². The number of pyridine rings is 1. The first-order valence-electron chi connectivity index (χ1n) is 8.33. The number of carboxylic acid groups (broad SMARTS) is 1. The molecule has 2 saturated heterocycles. The lowest BCUT2D eigenvalue weighted by molar-refractivity contribution is -0.192. The molecule has 2 amide bonds. The molecule has 2 fully saturated rings. The van der Waals surface area contributed by atoms with Crippen molar-refractivity contribution >= 4 is 17.8 Å². The third kappa shape index (κ3) is 4.75. The van der Waals surface area contributed by atoms with E-state index >= 15 is 0 Å². The number of hydrogen-bond donors (Lipinski definition) is 1. The van der Waals surface area contributed by atoms with Crippen LogP contribution in [0.25, 0.3) is 0 Å². The summed E-state index contributed by atoms with van der Waals surface area (Å²) in [4.78, 5) is 40.7. The number of likely N-dealkylation sites (tertiary alicyclic amines) is 2. The van der Waals surface area contributed by atoms with E-state index in [2.05, 4.69) is 4.98 Å². The molecule has 3 heterocycles. The molecule has 0 unspecified atom stereocenters. The number of hydrogen-bond acceptors (Lipinski definition) is 4. The van der Waals surface area contributed by atoms with E-state index in [0.717, 1.165) is 19.3 Å². The summed E-state index contributed by atoms with van der Waals surface area (Å²) < 4.78 is 31.7. The van der Waals surface area contributed by atoms with Gasteiger partial charge in [0.2, 0.25) is 5.91 Å². The molecule has 2 aliphatic rings. The maximum absolute atomic E-state index is 12.4. The summed E-state index contributed by atoms with van der Waals surface area (Å²) in [7, 11) is 1.90. The van der Waals surface area contributed by atoms with Crippen LogP contribution in [0.5, 0.6) is 0 Å². The lowest BCUT2D eigenvalue weighted by Gasteiger charge is -2.43. The summed E-state index contributed by atoms with van der Waals surface area (Å²) in [5.41, 5.74) is 0.627. The molecule has 7 nitrogen and oxygen atoms in total. The Morgan fingerprint density at radius 1 is 1.22 bits per heavy atom. The molecule has 1 spiro atoms. The zero-order valence-electron chi connectivity index (χ0n) is 14.7. The van der Waals surface area contributed by atoms with Gasteiger partial charge in [0.25, 0.3) is 5.91 Å². The number of aliphatic carboxylic acids is 1. The molecule has 0 bridgehead atoms. The summed E-state index contributed by atoms with van der Waals surface area (Å²) in [5, 5.41) is 7.12. The standard InChI is InChI=1S/C15H19N3O2.C2HF3O2/c1-17-13(19)4-5-15(17)6-9-18(10-7-15)14(20)12-3-2-8-16-11-12;3-2(4,5)1(6)7/h2-3,8,11H,4-7,9-10H2,1H3;(H,6,7). The molecular weight excluding hydrogens is 367 g/mol. The Bertz CT molecular complexity index is 701. The van der Waals surface area contributed by atoms with Crippen LogP contribution < -0.4 is 0 Å². The molecule has 1 aromatic rings. The molecule has 0 atom stereocenters. The van der Waals surface area contributed by atoms with Crippen LogP contribution in [0.1, 0.15) is 36.0 Å². The highest BCUT2D eigenvalue weighted by Crippen LogP contribution is 2.38. The third-order valence-corrected chi connectivity index (χ3v) is 5.02. The van der Waals surface area contributed by atoms with E-state index in [9.17, 15) is 22.8 Å². The molecule has 0 saturated carbocycles. The van der Waals surface area contributed by atoms with Crippen LogP contribution >= 0.6 is 0 Å². The zero-order chi connectivity index (χ0) is 20.2. The summed E-state index contributed by atoms with van der Waals surface area (Å²) >= 11 is 0. The topological polar surface area (TPSA) is 90.8 Å². The molecule has 10 heteroatoms. The second-order valence-electron chi connectivity index (χ2n) is 6.51. The highest BCUT2D eigenvalue weighted by atomic mass is 19.4. The van der Waals surface area contributed by atoms with Gasteiger partial charge in [-0.1, -0.05) is 0 Å². The number of alkyl halides is 3. The summed E-state index contributed by atoms with van der Waals surface area (Å²) in [6, 6.07) is 3.58. The Morgan fingerprint density at radius 2 is 1.81 bits per heavy atom. The third-order valence-electron chi connectivity index (χ3n) is 5.02. The average molecular weight is 387 g/mol. The Hall–Kier alpha value is -2.65. The second kappa shape index (κ2) is 7.93. The van der Waals surface area contributed by atoms with E-state index in [0.29, 0.717) is 25.1 Å². The minimum Gasteiger partial charge on any atom is -0.475 e. The number of halogens is 3. The van der Waals surface area contributed by atoms with Gasteiger partial charge in [-0.05, 0) is 31.4 Å². The van der Waals surface area contributed by atoms with E-state index in [-0.39, 0.29) is 17.4 Å². The molecule has 3 rings (SSSR count). The van der Waals surface area contributed by atoms with E-state index < -0.39 is 12.1 Å². The summed E-state index contributed by atoms with van der Waals surface area (Å²) in [6.07, 6.45) is 1.52. The van der Waals surface area contributed by atoms with Crippen molar-refractivity contribution in [3.63, 3.8) is 0 Å². The number of aromatic nitrogens is 1. The van der Waals surface area contributed by atoms with Crippen LogP contribution in [0.15, 0.2) is 24.5 Å². The van der Waals surface area contributed by atoms with E-state index in [1.54, 1.807) is 24.5 Å². The van der Waals surface area contributed by atoms with Crippen molar-refractivity contribution in [3.05, 3.63) is 30.1 Å². The molecule has 1 aromatic heterocycles. The zero-order valence-corrected chi connectivity index (χ0v) is 14.7. The molecule has 0 radical (unpaired) electrons. The quantitative estimate of drug-likeness (QED) is 0.795. The van der Waals surface area contributed by atoms with Crippen molar-refractivity contribution in [1.29, 1.82) is 0 Å². The number of carboxylic acids is 1. The van der Waals surface area contributed by atoms with E-state index in [4.69, 9.17) is 9.90 Å². The lowest BCUT2D eigenvalue weighted by atomic mass is 9.85. The van der Waals surface area contributed by atoms with Gasteiger partial charge in [0.15, 0.2) is 0 Å². The highest BCUT2D eigenvalue weighted by molar-refractivity contribution is 5.94. The van der Waals surface area contributed by atoms with Gasteiger partial charge in [0.1, 0.15) is 0 Å². The van der Waals surface area contributed by atoms with Gasteiger partial charge < -0.3 is 14.9 Å². The smallest absolute Gasteiger partial charge is 0.475 e. The molecule has 1 N–H and O–H groups in total. The van der Waals surface area contributed by atoms with Crippen LogP contribution in [0, 0.1) is 0 Å². The van der Waals surface area contributed by atoms with Crippen molar-refractivity contribution < 1.29 is 32.7 Å². The van der Waals surface area contributed by atoms with E-state index in [1.807, 2.05) is 16.8 Å². The predicted octanol–water partition coefficient (Wildman–Crippen LogP) is 1.94. The van der Waals surface area contributed by atoms with Crippen molar-refractivity contribution in [2.75, 3.05) is 20.1 Å². The fourth-order valence-corrected chi connectivity index (χ4v) is 3.32. The summed E-state index contributed by atoms with van der Waals surface area (Å²) in [5.74, 6) is -2.48. The van der Waals surface area contributed by atoms with Crippen LogP contribution in [-0.4, -0.2) is 69.5 Å². The number of carbonyl (C=O) groups is 3. The highest BCUT2D eigenvalue weighted by Gasteiger charge is 2.45. The van der Waals surface area contributed by atoms with Gasteiger partial charge in [-0.25, -0.2) is 4.79 Å². The average Bonchev–Trinajstić information content (AvgIpc) is 2.91. The molecule has 0 aliphatic carbocycles. The number of amides is 2. The Morgan fingerprint density at radius 3 is 2.22 bits per heavy atom. The largest absolute Gasteiger partial charge is 0.490 e. The first kappa shape index (κ1) is 20.7. The van der Waals surface area contributed by atoms with Gasteiger partial charge in [0.05, 0.1) is 5.56 Å². The molecule has 0 aromatic carbocycles. The van der Waals surface area contributed by atoms with Crippen LogP contribution in [0.2, 0.25) is 0 Å². The van der Waals surface area contributed by atoms with Crippen LogP contribution in [-0.2, 0) is 9.59 Å². The van der Waals surface area contributed by atoms with Crippen molar-refractivity contribution in [1.82, 2.24) is 14.8 Å². The fourth-order valence-electron chi connectivity index (χ4n) is 3.32.